The summed E-state index contributed by atoms with van der Waals surface area (Å²) >= 11 is 0. The number of unbranched alkanes of at least 4 members (excludes halogenated alkanes) is 1. The number of amides is 6. The van der Waals surface area contributed by atoms with Crippen LogP contribution in [0.3, 0.4) is 0 Å². The molecular weight excluding hydrogens is 931 g/mol. The molecule has 6 amide bonds. The summed E-state index contributed by atoms with van der Waals surface area (Å²) in [6, 6.07) is 18.8. The van der Waals surface area contributed by atoms with Gasteiger partial charge < -0.3 is 49.2 Å². The summed E-state index contributed by atoms with van der Waals surface area (Å²) in [5.74, 6) is -2.60. The van der Waals surface area contributed by atoms with E-state index in [-0.39, 0.29) is 162 Å². The number of carbonyl (C=O) groups excluding carboxylic acids is 6. The van der Waals surface area contributed by atoms with Gasteiger partial charge in [0.1, 0.15) is 11.6 Å². The van der Waals surface area contributed by atoms with Gasteiger partial charge in [0.15, 0.2) is 0 Å². The molecule has 18 heteroatoms. The Morgan fingerprint density at radius 2 is 0.792 bits per heavy atom. The van der Waals surface area contributed by atoms with Crippen LogP contribution in [0, 0.1) is 11.6 Å². The van der Waals surface area contributed by atoms with Crippen LogP contribution in [-0.2, 0) is 67.6 Å². The molecule has 72 heavy (non-hydrogen) atoms. The number of ether oxygens (including phenoxy) is 4. The average Bonchev–Trinajstić information content (AvgIpc) is 4.02. The van der Waals surface area contributed by atoms with Crippen molar-refractivity contribution in [3.8, 4) is 0 Å². The van der Waals surface area contributed by atoms with Gasteiger partial charge in [-0.25, -0.2) is 8.78 Å². The van der Waals surface area contributed by atoms with Crippen molar-refractivity contribution in [2.75, 3.05) is 94.1 Å². The zero-order chi connectivity index (χ0) is 51.6. The third-order valence-electron chi connectivity index (χ3n) is 12.9. The van der Waals surface area contributed by atoms with Crippen molar-refractivity contribution >= 4 is 35.4 Å². The summed E-state index contributed by atoms with van der Waals surface area (Å²) in [4.78, 5) is 89.6. The van der Waals surface area contributed by atoms with E-state index in [0.29, 0.717) is 25.7 Å². The van der Waals surface area contributed by atoms with E-state index in [0.717, 1.165) is 33.4 Å². The Bertz CT molecular complexity index is 2340. The molecule has 0 radical (unpaired) electrons. The van der Waals surface area contributed by atoms with Gasteiger partial charge in [0.25, 0.3) is 23.6 Å². The van der Waals surface area contributed by atoms with Crippen molar-refractivity contribution in [2.24, 2.45) is 0 Å². The fourth-order valence-corrected chi connectivity index (χ4v) is 8.76. The lowest BCUT2D eigenvalue weighted by atomic mass is 9.98. The molecule has 2 N–H and O–H groups in total. The number of hydrogen-bond acceptors (Lipinski definition) is 10. The van der Waals surface area contributed by atoms with Crippen LogP contribution in [0.5, 0.6) is 0 Å². The van der Waals surface area contributed by atoms with Gasteiger partial charge in [-0.1, -0.05) is 24.3 Å². The first kappa shape index (κ1) is 54.7. The monoisotopic (exact) mass is 996 g/mol. The normalized spacial score (nSPS) is 12.6. The van der Waals surface area contributed by atoms with Gasteiger partial charge in [0, 0.05) is 107 Å². The predicted octanol–water partition coefficient (Wildman–Crippen LogP) is 5.32. The van der Waals surface area contributed by atoms with Crippen molar-refractivity contribution in [1.29, 1.82) is 0 Å². The van der Waals surface area contributed by atoms with E-state index >= 15 is 0 Å². The Balaban J connectivity index is 1.08. The van der Waals surface area contributed by atoms with Gasteiger partial charge in [-0.05, 0) is 108 Å². The molecule has 0 aromatic heterocycles. The molecule has 0 atom stereocenters. The molecule has 0 saturated heterocycles. The van der Waals surface area contributed by atoms with E-state index in [1.165, 1.54) is 52.7 Å². The second kappa shape index (κ2) is 27.3. The molecule has 4 aromatic rings. The minimum Gasteiger partial charge on any atom is -0.383 e. The lowest BCUT2D eigenvalue weighted by Crippen LogP contribution is -2.38. The molecule has 0 spiro atoms. The molecule has 2 heterocycles. The van der Waals surface area contributed by atoms with Crippen LogP contribution in [0.2, 0.25) is 0 Å². The first-order valence-corrected chi connectivity index (χ1v) is 24.3. The number of fused-ring (bicyclic) bond motifs is 2. The summed E-state index contributed by atoms with van der Waals surface area (Å²) in [6.07, 6.45) is 2.14. The largest absolute Gasteiger partial charge is 0.383 e. The third-order valence-corrected chi connectivity index (χ3v) is 12.9. The molecule has 0 unspecified atom stereocenters. The Morgan fingerprint density at radius 3 is 1.10 bits per heavy atom. The zero-order valence-corrected chi connectivity index (χ0v) is 41.7. The molecule has 2 aliphatic heterocycles. The van der Waals surface area contributed by atoms with Crippen LogP contribution in [0.25, 0.3) is 0 Å². The molecule has 0 aliphatic carbocycles. The molecule has 2 aliphatic rings. The first-order valence-electron chi connectivity index (χ1n) is 24.3. The Kier molecular flexibility index (Phi) is 20.7. The quantitative estimate of drug-likeness (QED) is 0.0744. The minimum absolute atomic E-state index is 0.127. The van der Waals surface area contributed by atoms with E-state index in [9.17, 15) is 37.5 Å². The molecule has 6 rings (SSSR count). The zero-order valence-electron chi connectivity index (χ0n) is 41.7. The molecule has 386 valence electrons. The van der Waals surface area contributed by atoms with Crippen LogP contribution in [-0.4, -0.2) is 149 Å². The van der Waals surface area contributed by atoms with Crippen LogP contribution in [0.1, 0.15) is 100 Å². The lowest BCUT2D eigenvalue weighted by Gasteiger charge is -2.23. The van der Waals surface area contributed by atoms with Crippen molar-refractivity contribution in [2.45, 2.75) is 64.7 Å². The maximum absolute atomic E-state index is 14.1. The molecule has 0 saturated carbocycles. The molecule has 16 nitrogen and oxygen atoms in total. The number of nitrogens with one attached hydrogen (secondary N) is 2. The lowest BCUT2D eigenvalue weighted by molar-refractivity contribution is -0.133. The standard InChI is InChI=1S/C54H66F2N6O10/c1-69-25-21-59(22-26-70-2)53(67)47-31-41-35-61(33-39(41)29-45(47)51(65)57-19-17-37-9-13-43(55)14-10-37)49(63)7-5-6-8-50(64)62-34-40-30-46(52(66)58-20-18-38-11-15-44(56)16-12-38)48(32-42(40)36-62)54(68)60(23-27-71-3)24-28-72-4/h9-16,29-32H,5-8,17-28,33-36H2,1-4H3,(H,57,65)(H,58,66). The van der Waals surface area contributed by atoms with Gasteiger partial charge >= 0.3 is 0 Å². The fourth-order valence-electron chi connectivity index (χ4n) is 8.76. The van der Waals surface area contributed by atoms with E-state index in [2.05, 4.69) is 10.6 Å². The van der Waals surface area contributed by atoms with E-state index in [1.807, 2.05) is 0 Å². The summed E-state index contributed by atoms with van der Waals surface area (Å²) in [5.41, 5.74) is 5.45. The van der Waals surface area contributed by atoms with E-state index in [1.54, 1.807) is 68.1 Å². The summed E-state index contributed by atoms with van der Waals surface area (Å²) in [5, 5.41) is 5.81. The molecule has 0 fully saturated rings. The number of carbonyl (C=O) groups is 6. The van der Waals surface area contributed by atoms with Crippen LogP contribution < -0.4 is 10.6 Å². The van der Waals surface area contributed by atoms with Crippen molar-refractivity contribution in [3.63, 3.8) is 0 Å². The highest BCUT2D eigenvalue weighted by Gasteiger charge is 2.32. The van der Waals surface area contributed by atoms with Gasteiger partial charge in [-0.3, -0.25) is 28.8 Å². The fraction of sp³-hybridized carbons (Fsp3) is 0.444. The van der Waals surface area contributed by atoms with Crippen LogP contribution in [0.15, 0.2) is 72.8 Å². The Morgan fingerprint density at radius 1 is 0.486 bits per heavy atom. The number of halogens is 2. The second-order valence-corrected chi connectivity index (χ2v) is 17.9. The first-order chi connectivity index (χ1) is 34.8. The highest BCUT2D eigenvalue weighted by atomic mass is 19.1. The molecule has 4 aromatic carbocycles. The van der Waals surface area contributed by atoms with Gasteiger partial charge in [-0.2, -0.15) is 0 Å². The SMILES string of the molecule is COCCN(CCOC)C(=O)c1cc2c(cc1C(=O)NCCc1ccc(F)cc1)CN(C(=O)CCCCC(=O)N1Cc3cc(C(=O)NCCc4ccc(F)cc4)c(C(=O)N(CCOC)CCOC)cc3C1)C2. The number of methoxy groups -OCH3 is 4. The van der Waals surface area contributed by atoms with Gasteiger partial charge in [-0.15, -0.1) is 0 Å². The van der Waals surface area contributed by atoms with E-state index in [4.69, 9.17) is 18.9 Å². The highest BCUT2D eigenvalue weighted by Crippen LogP contribution is 2.30. The van der Waals surface area contributed by atoms with Crippen molar-refractivity contribution in [3.05, 3.63) is 140 Å². The third kappa shape index (κ3) is 15.0. The summed E-state index contributed by atoms with van der Waals surface area (Å²) in [6.45, 7) is 3.66. The van der Waals surface area contributed by atoms with Crippen molar-refractivity contribution < 1.29 is 56.5 Å². The van der Waals surface area contributed by atoms with Crippen molar-refractivity contribution in [1.82, 2.24) is 30.2 Å². The topological polar surface area (TPSA) is 176 Å². The molecule has 0 bridgehead atoms. The van der Waals surface area contributed by atoms with Gasteiger partial charge in [0.2, 0.25) is 11.8 Å². The summed E-state index contributed by atoms with van der Waals surface area (Å²) in [7, 11) is 6.16. The Labute approximate surface area is 419 Å². The van der Waals surface area contributed by atoms with Gasteiger partial charge in [0.05, 0.1) is 48.7 Å². The Hall–Kier alpha value is -6.60. The number of nitrogens with zero attached hydrogens (tertiary/aromatic N) is 4. The highest BCUT2D eigenvalue weighted by molar-refractivity contribution is 6.08. The predicted molar refractivity (Wildman–Crippen MR) is 264 cm³/mol. The second-order valence-electron chi connectivity index (χ2n) is 17.9. The molecular formula is C54H66F2N6O10. The van der Waals surface area contributed by atoms with Crippen LogP contribution >= 0.6 is 0 Å². The number of benzene rings is 4. The minimum atomic E-state index is -0.449. The number of rotatable bonds is 27. The smallest absolute Gasteiger partial charge is 0.254 e. The summed E-state index contributed by atoms with van der Waals surface area (Å²) < 4.78 is 48.0. The number of hydrogen-bond donors (Lipinski definition) is 2. The maximum atomic E-state index is 14.1. The van der Waals surface area contributed by atoms with Crippen LogP contribution in [0.4, 0.5) is 8.78 Å². The van der Waals surface area contributed by atoms with E-state index < -0.39 is 11.8 Å². The average molecular weight is 997 g/mol. The maximum Gasteiger partial charge on any atom is 0.254 e.